The smallest absolute Gasteiger partial charge is 0.406 e. The average molecular weight is 369 g/mol. The van der Waals surface area contributed by atoms with Gasteiger partial charge in [-0.05, 0) is 47.0 Å². The molecule has 0 amide bonds. The number of ether oxygens (including phenoxy) is 1. The van der Waals surface area contributed by atoms with Crippen LogP contribution in [0.4, 0.5) is 26.3 Å². The van der Waals surface area contributed by atoms with Crippen molar-refractivity contribution in [1.29, 1.82) is 0 Å². The van der Waals surface area contributed by atoms with Crippen LogP contribution in [0, 0.1) is 0 Å². The molecule has 2 nitrogen and oxygen atoms in total. The van der Waals surface area contributed by atoms with Gasteiger partial charge in [0.2, 0.25) is 0 Å². The van der Waals surface area contributed by atoms with Crippen molar-refractivity contribution < 1.29 is 35.9 Å². The lowest BCUT2D eigenvalue weighted by atomic mass is 9.99. The van der Waals surface area contributed by atoms with Crippen molar-refractivity contribution in [3.8, 4) is 16.9 Å². The van der Waals surface area contributed by atoms with Gasteiger partial charge in [0.05, 0.1) is 5.56 Å². The van der Waals surface area contributed by atoms with Crippen molar-refractivity contribution in [3.63, 3.8) is 0 Å². The molecule has 0 aliphatic carbocycles. The van der Waals surface area contributed by atoms with Crippen LogP contribution in [0.1, 0.15) is 15.9 Å². The third-order valence-electron chi connectivity index (χ3n) is 2.94. The molecule has 0 atom stereocenters. The normalized spacial score (nSPS) is 12.1. The molecule has 0 unspecified atom stereocenters. The summed E-state index contributed by atoms with van der Waals surface area (Å²) >= 11 is 5.13. The van der Waals surface area contributed by atoms with Gasteiger partial charge in [-0.15, -0.1) is 13.2 Å². The summed E-state index contributed by atoms with van der Waals surface area (Å²) in [6, 6.07) is 7.11. The van der Waals surface area contributed by atoms with Crippen molar-refractivity contribution >= 4 is 16.8 Å². The lowest BCUT2D eigenvalue weighted by molar-refractivity contribution is -0.274. The highest BCUT2D eigenvalue weighted by Gasteiger charge is 2.35. The van der Waals surface area contributed by atoms with Crippen LogP contribution < -0.4 is 4.74 Å². The molecule has 0 spiro atoms. The van der Waals surface area contributed by atoms with Crippen LogP contribution in [0.25, 0.3) is 11.1 Å². The van der Waals surface area contributed by atoms with E-state index in [0.29, 0.717) is 6.07 Å². The summed E-state index contributed by atoms with van der Waals surface area (Å²) in [6.45, 7) is 0. The maximum atomic E-state index is 13.0. The van der Waals surface area contributed by atoms with E-state index in [-0.39, 0.29) is 11.1 Å². The van der Waals surface area contributed by atoms with E-state index < -0.39 is 34.7 Å². The number of rotatable bonds is 3. The van der Waals surface area contributed by atoms with E-state index in [1.165, 1.54) is 12.1 Å². The Balaban J connectivity index is 2.50. The second kappa shape index (κ2) is 6.35. The second-order valence-electron chi connectivity index (χ2n) is 4.61. The molecule has 0 radical (unpaired) electrons. The summed E-state index contributed by atoms with van der Waals surface area (Å²) in [5.74, 6) is -0.578. The lowest BCUT2D eigenvalue weighted by Gasteiger charge is -2.13. The predicted molar refractivity (Wildman–Crippen MR) is 73.7 cm³/mol. The average Bonchev–Trinajstić information content (AvgIpc) is 2.44. The summed E-state index contributed by atoms with van der Waals surface area (Å²) in [6.07, 6.45) is -9.78. The molecule has 9 heteroatoms. The van der Waals surface area contributed by atoms with Gasteiger partial charge in [-0.2, -0.15) is 13.2 Å². The molecule has 0 aliphatic rings. The number of hydrogen-bond acceptors (Lipinski definition) is 2. The number of carbonyl (C=O) groups excluding carboxylic acids is 1. The van der Waals surface area contributed by atoms with Crippen molar-refractivity contribution in [2.24, 2.45) is 0 Å². The molecule has 24 heavy (non-hydrogen) atoms. The summed E-state index contributed by atoms with van der Waals surface area (Å²) in [4.78, 5) is 11.1. The van der Waals surface area contributed by atoms with Gasteiger partial charge in [0, 0.05) is 5.56 Å². The van der Waals surface area contributed by atoms with E-state index in [9.17, 15) is 31.1 Å². The summed E-state index contributed by atoms with van der Waals surface area (Å²) in [7, 11) is 0. The number of carbonyl (C=O) groups is 1. The van der Waals surface area contributed by atoms with Crippen LogP contribution in [-0.2, 0) is 6.18 Å². The highest BCUT2D eigenvalue weighted by atomic mass is 35.5. The number of benzene rings is 2. The maximum absolute atomic E-state index is 13.0. The Morgan fingerprint density at radius 2 is 1.54 bits per heavy atom. The summed E-state index contributed by atoms with van der Waals surface area (Å²) in [5.41, 5.74) is -2.01. The molecule has 2 aromatic rings. The van der Waals surface area contributed by atoms with Crippen LogP contribution in [-0.4, -0.2) is 11.6 Å². The van der Waals surface area contributed by atoms with E-state index in [1.54, 1.807) is 0 Å². The summed E-state index contributed by atoms with van der Waals surface area (Å²) in [5, 5.41) is -1.29. The minimum absolute atomic E-state index is 0.0448. The molecule has 0 saturated carbocycles. The topological polar surface area (TPSA) is 26.3 Å². The first-order valence-electron chi connectivity index (χ1n) is 6.24. The molecule has 128 valence electrons. The van der Waals surface area contributed by atoms with E-state index >= 15 is 0 Å². The van der Waals surface area contributed by atoms with Crippen molar-refractivity contribution in [1.82, 2.24) is 0 Å². The monoisotopic (exact) mass is 368 g/mol. The zero-order valence-electron chi connectivity index (χ0n) is 11.5. The number of alkyl halides is 6. The molecule has 0 heterocycles. The largest absolute Gasteiger partial charge is 0.573 e. The molecule has 0 aliphatic heterocycles. The predicted octanol–water partition coefficient (Wildman–Crippen LogP) is 5.65. The minimum atomic E-state index is -4.93. The van der Waals surface area contributed by atoms with Crippen molar-refractivity contribution in [2.75, 3.05) is 0 Å². The number of halogens is 7. The Morgan fingerprint density at radius 3 is 2.08 bits per heavy atom. The Labute approximate surface area is 136 Å². The van der Waals surface area contributed by atoms with Gasteiger partial charge >= 0.3 is 12.5 Å². The molecular formula is C15H7ClF6O2. The van der Waals surface area contributed by atoms with Crippen LogP contribution in [0.3, 0.4) is 0 Å². The van der Waals surface area contributed by atoms with E-state index in [4.69, 9.17) is 11.6 Å². The molecule has 2 rings (SSSR count). The van der Waals surface area contributed by atoms with Crippen molar-refractivity contribution in [2.45, 2.75) is 12.5 Å². The SMILES string of the molecule is O=C(Cl)c1ccc(-c2cccc(OC(F)(F)F)c2)cc1C(F)(F)F. The molecule has 0 fully saturated rings. The Hall–Kier alpha value is -2.22. The van der Waals surface area contributed by atoms with Gasteiger partial charge < -0.3 is 4.74 Å². The Kier molecular flexibility index (Phi) is 4.80. The third kappa shape index (κ3) is 4.41. The fourth-order valence-electron chi connectivity index (χ4n) is 2.00. The zero-order valence-corrected chi connectivity index (χ0v) is 12.3. The number of hydrogen-bond donors (Lipinski definition) is 0. The van der Waals surface area contributed by atoms with E-state index in [2.05, 4.69) is 4.74 Å². The fraction of sp³-hybridized carbons (Fsp3) is 0.133. The van der Waals surface area contributed by atoms with Crippen LogP contribution in [0.15, 0.2) is 42.5 Å². The molecule has 2 aromatic carbocycles. The first-order chi connectivity index (χ1) is 11.0. The van der Waals surface area contributed by atoms with Crippen LogP contribution >= 0.6 is 11.6 Å². The lowest BCUT2D eigenvalue weighted by Crippen LogP contribution is -2.17. The van der Waals surface area contributed by atoms with Gasteiger partial charge in [-0.3, -0.25) is 4.79 Å². The highest BCUT2D eigenvalue weighted by molar-refractivity contribution is 6.67. The standard InChI is InChI=1S/C15H7ClF6O2/c16-13(23)11-5-4-9(7-12(11)14(17,18)19)8-2-1-3-10(6-8)24-15(20,21)22/h1-7H. The van der Waals surface area contributed by atoms with Crippen LogP contribution in [0.2, 0.25) is 0 Å². The molecule has 0 bridgehead atoms. The van der Waals surface area contributed by atoms with Gasteiger partial charge in [0.1, 0.15) is 5.75 Å². The van der Waals surface area contributed by atoms with E-state index in [0.717, 1.165) is 24.3 Å². The van der Waals surface area contributed by atoms with Gasteiger partial charge in [0.15, 0.2) is 0 Å². The molecule has 0 N–H and O–H groups in total. The molecule has 0 saturated heterocycles. The quantitative estimate of drug-likeness (QED) is 0.517. The molecule has 0 aromatic heterocycles. The molecular weight excluding hydrogens is 362 g/mol. The maximum Gasteiger partial charge on any atom is 0.573 e. The second-order valence-corrected chi connectivity index (χ2v) is 4.95. The first-order valence-corrected chi connectivity index (χ1v) is 6.62. The minimum Gasteiger partial charge on any atom is -0.406 e. The third-order valence-corrected chi connectivity index (χ3v) is 3.14. The van der Waals surface area contributed by atoms with Gasteiger partial charge in [-0.25, -0.2) is 0 Å². The summed E-state index contributed by atoms with van der Waals surface area (Å²) < 4.78 is 79.4. The first kappa shape index (κ1) is 18.1. The van der Waals surface area contributed by atoms with Crippen LogP contribution in [0.5, 0.6) is 5.75 Å². The van der Waals surface area contributed by atoms with Crippen molar-refractivity contribution in [3.05, 3.63) is 53.6 Å². The van der Waals surface area contributed by atoms with Gasteiger partial charge in [0.25, 0.3) is 5.24 Å². The van der Waals surface area contributed by atoms with E-state index in [1.807, 2.05) is 0 Å². The highest BCUT2D eigenvalue weighted by Crippen LogP contribution is 2.36. The zero-order chi connectivity index (χ0) is 18.1. The van der Waals surface area contributed by atoms with Gasteiger partial charge in [-0.1, -0.05) is 18.2 Å². The fourth-order valence-corrected chi connectivity index (χ4v) is 2.17. The Morgan fingerprint density at radius 1 is 0.917 bits per heavy atom. The Bertz CT molecular complexity index is 767.